The summed E-state index contributed by atoms with van der Waals surface area (Å²) >= 11 is 0. The van der Waals surface area contributed by atoms with Gasteiger partial charge in [0.05, 0.1) is 31.9 Å². The third-order valence-electron chi connectivity index (χ3n) is 3.98. The highest BCUT2D eigenvalue weighted by Crippen LogP contribution is 2.30. The SMILES string of the molecule is COc1ccc(NC(=O)CC2OCCc3ccccc32)cc1N.Cl. The number of amides is 1. The van der Waals surface area contributed by atoms with Gasteiger partial charge in [0, 0.05) is 5.69 Å². The van der Waals surface area contributed by atoms with Crippen LogP contribution in [0.2, 0.25) is 0 Å². The van der Waals surface area contributed by atoms with Crippen LogP contribution in [-0.2, 0) is 16.0 Å². The second-order valence-electron chi connectivity index (χ2n) is 5.52. The smallest absolute Gasteiger partial charge is 0.227 e. The lowest BCUT2D eigenvalue weighted by Crippen LogP contribution is -2.22. The number of ether oxygens (including phenoxy) is 2. The fraction of sp³-hybridized carbons (Fsp3) is 0.278. The summed E-state index contributed by atoms with van der Waals surface area (Å²) in [5, 5.41) is 2.86. The van der Waals surface area contributed by atoms with E-state index < -0.39 is 0 Å². The Morgan fingerprint density at radius 2 is 2.12 bits per heavy atom. The first-order valence-electron chi connectivity index (χ1n) is 7.60. The van der Waals surface area contributed by atoms with Crippen molar-refractivity contribution in [3.05, 3.63) is 53.6 Å². The normalized spacial score (nSPS) is 15.8. The van der Waals surface area contributed by atoms with Crippen LogP contribution in [-0.4, -0.2) is 19.6 Å². The van der Waals surface area contributed by atoms with Gasteiger partial charge in [-0.25, -0.2) is 0 Å². The molecule has 1 atom stereocenters. The van der Waals surface area contributed by atoms with Crippen LogP contribution >= 0.6 is 12.4 Å². The van der Waals surface area contributed by atoms with Gasteiger partial charge in [0.15, 0.2) is 0 Å². The van der Waals surface area contributed by atoms with E-state index >= 15 is 0 Å². The largest absolute Gasteiger partial charge is 0.495 e. The van der Waals surface area contributed by atoms with Crippen molar-refractivity contribution < 1.29 is 14.3 Å². The highest BCUT2D eigenvalue weighted by molar-refractivity contribution is 5.92. The number of methoxy groups -OCH3 is 1. The average molecular weight is 349 g/mol. The first kappa shape index (κ1) is 18.1. The molecule has 1 unspecified atom stereocenters. The molecule has 0 saturated heterocycles. The Hall–Kier alpha value is -2.24. The zero-order valence-electron chi connectivity index (χ0n) is 13.5. The van der Waals surface area contributed by atoms with Gasteiger partial charge in [0.2, 0.25) is 5.91 Å². The molecule has 6 heteroatoms. The maximum atomic E-state index is 12.3. The maximum Gasteiger partial charge on any atom is 0.227 e. The fourth-order valence-corrected chi connectivity index (χ4v) is 2.84. The summed E-state index contributed by atoms with van der Waals surface area (Å²) in [5.74, 6) is 0.490. The molecule has 1 amide bonds. The summed E-state index contributed by atoms with van der Waals surface area (Å²) in [6.07, 6.45) is 0.974. The third kappa shape index (κ3) is 3.99. The van der Waals surface area contributed by atoms with E-state index in [1.165, 1.54) is 5.56 Å². The number of rotatable bonds is 4. The zero-order chi connectivity index (χ0) is 16.2. The molecule has 24 heavy (non-hydrogen) atoms. The van der Waals surface area contributed by atoms with Crippen LogP contribution in [0.3, 0.4) is 0 Å². The Kier molecular flexibility index (Phi) is 6.06. The summed E-state index contributed by atoms with van der Waals surface area (Å²) < 4.78 is 10.9. The lowest BCUT2D eigenvalue weighted by molar-refractivity contribution is -0.119. The Labute approximate surface area is 147 Å². The van der Waals surface area contributed by atoms with E-state index in [9.17, 15) is 4.79 Å². The lowest BCUT2D eigenvalue weighted by Gasteiger charge is -2.25. The molecule has 0 saturated carbocycles. The van der Waals surface area contributed by atoms with Crippen molar-refractivity contribution in [2.75, 3.05) is 24.8 Å². The summed E-state index contributed by atoms with van der Waals surface area (Å²) in [6, 6.07) is 13.3. The van der Waals surface area contributed by atoms with Gasteiger partial charge in [0.25, 0.3) is 0 Å². The number of carbonyl (C=O) groups is 1. The lowest BCUT2D eigenvalue weighted by atomic mass is 9.95. The Balaban J connectivity index is 0.00000208. The number of halogens is 1. The van der Waals surface area contributed by atoms with Crippen LogP contribution < -0.4 is 15.8 Å². The molecule has 0 aromatic heterocycles. The summed E-state index contributed by atoms with van der Waals surface area (Å²) in [5.41, 5.74) is 9.35. The van der Waals surface area contributed by atoms with Gasteiger partial charge in [-0.3, -0.25) is 4.79 Å². The van der Waals surface area contributed by atoms with Crippen molar-refractivity contribution >= 4 is 29.7 Å². The first-order valence-corrected chi connectivity index (χ1v) is 7.60. The van der Waals surface area contributed by atoms with Gasteiger partial charge in [-0.15, -0.1) is 12.4 Å². The number of nitrogens with one attached hydrogen (secondary N) is 1. The monoisotopic (exact) mass is 348 g/mol. The maximum absolute atomic E-state index is 12.3. The van der Waals surface area contributed by atoms with Crippen LogP contribution in [0.25, 0.3) is 0 Å². The van der Waals surface area contributed by atoms with E-state index in [4.69, 9.17) is 15.2 Å². The molecule has 2 aromatic carbocycles. The number of nitrogen functional groups attached to an aromatic ring is 1. The molecular formula is C18H21ClN2O3. The molecular weight excluding hydrogens is 328 g/mol. The molecule has 0 fully saturated rings. The summed E-state index contributed by atoms with van der Waals surface area (Å²) in [7, 11) is 1.56. The topological polar surface area (TPSA) is 73.6 Å². The Bertz CT molecular complexity index is 721. The molecule has 0 radical (unpaired) electrons. The predicted octanol–water partition coefficient (Wildman–Crippen LogP) is 3.34. The van der Waals surface area contributed by atoms with Gasteiger partial charge >= 0.3 is 0 Å². The number of fused-ring (bicyclic) bond motifs is 1. The molecule has 1 aliphatic heterocycles. The highest BCUT2D eigenvalue weighted by atomic mass is 35.5. The first-order chi connectivity index (χ1) is 11.2. The second kappa shape index (κ2) is 8.04. The minimum atomic E-state index is -0.199. The summed E-state index contributed by atoms with van der Waals surface area (Å²) in [4.78, 5) is 12.3. The van der Waals surface area contributed by atoms with Crippen molar-refractivity contribution in [2.45, 2.75) is 18.9 Å². The van der Waals surface area contributed by atoms with E-state index in [1.807, 2.05) is 18.2 Å². The minimum absolute atomic E-state index is 0. The number of hydrogen-bond donors (Lipinski definition) is 2. The van der Waals surface area contributed by atoms with E-state index in [1.54, 1.807) is 25.3 Å². The van der Waals surface area contributed by atoms with Crippen molar-refractivity contribution in [1.29, 1.82) is 0 Å². The molecule has 3 rings (SSSR count). The molecule has 1 aliphatic rings. The minimum Gasteiger partial charge on any atom is -0.495 e. The van der Waals surface area contributed by atoms with Crippen molar-refractivity contribution in [2.24, 2.45) is 0 Å². The van der Waals surface area contributed by atoms with E-state index in [-0.39, 0.29) is 30.8 Å². The molecule has 5 nitrogen and oxygen atoms in total. The number of nitrogens with two attached hydrogens (primary N) is 1. The predicted molar refractivity (Wildman–Crippen MR) is 96.7 cm³/mol. The number of anilines is 2. The molecule has 0 spiro atoms. The summed E-state index contributed by atoms with van der Waals surface area (Å²) in [6.45, 7) is 0.643. The van der Waals surface area contributed by atoms with E-state index in [2.05, 4.69) is 11.4 Å². The van der Waals surface area contributed by atoms with Gasteiger partial charge in [-0.05, 0) is 35.7 Å². The molecule has 0 aliphatic carbocycles. The third-order valence-corrected chi connectivity index (χ3v) is 3.98. The van der Waals surface area contributed by atoms with Gasteiger partial charge in [-0.1, -0.05) is 24.3 Å². The fourth-order valence-electron chi connectivity index (χ4n) is 2.84. The highest BCUT2D eigenvalue weighted by Gasteiger charge is 2.23. The number of carbonyl (C=O) groups excluding carboxylic acids is 1. The molecule has 2 aromatic rings. The molecule has 3 N–H and O–H groups in total. The quantitative estimate of drug-likeness (QED) is 0.831. The molecule has 128 valence electrons. The molecule has 0 bridgehead atoms. The number of hydrogen-bond acceptors (Lipinski definition) is 4. The molecule has 1 heterocycles. The van der Waals surface area contributed by atoms with E-state index in [0.29, 0.717) is 23.7 Å². The van der Waals surface area contributed by atoms with Gasteiger partial charge < -0.3 is 20.5 Å². The van der Waals surface area contributed by atoms with E-state index in [0.717, 1.165) is 12.0 Å². The zero-order valence-corrected chi connectivity index (χ0v) is 14.3. The van der Waals surface area contributed by atoms with Gasteiger partial charge in [-0.2, -0.15) is 0 Å². The number of benzene rings is 2. The Morgan fingerprint density at radius 1 is 1.33 bits per heavy atom. The Morgan fingerprint density at radius 3 is 2.88 bits per heavy atom. The van der Waals surface area contributed by atoms with Crippen molar-refractivity contribution in [1.82, 2.24) is 0 Å². The van der Waals surface area contributed by atoms with Gasteiger partial charge in [0.1, 0.15) is 5.75 Å². The van der Waals surface area contributed by atoms with Crippen LogP contribution in [0.15, 0.2) is 42.5 Å². The van der Waals surface area contributed by atoms with Crippen LogP contribution in [0.4, 0.5) is 11.4 Å². The van der Waals surface area contributed by atoms with Crippen LogP contribution in [0.1, 0.15) is 23.7 Å². The van der Waals surface area contributed by atoms with Crippen LogP contribution in [0.5, 0.6) is 5.75 Å². The average Bonchev–Trinajstić information content (AvgIpc) is 2.55. The van der Waals surface area contributed by atoms with Crippen LogP contribution in [0, 0.1) is 0 Å². The second-order valence-corrected chi connectivity index (χ2v) is 5.52. The van der Waals surface area contributed by atoms with Crippen molar-refractivity contribution in [3.8, 4) is 5.75 Å². The van der Waals surface area contributed by atoms with Crippen molar-refractivity contribution in [3.63, 3.8) is 0 Å². The standard InChI is InChI=1S/C18H20N2O3.ClH/c1-22-16-7-6-13(10-15(16)19)20-18(21)11-17-14-5-3-2-4-12(14)8-9-23-17;/h2-7,10,17H,8-9,11,19H2,1H3,(H,20,21);1H.